The third-order valence-electron chi connectivity index (χ3n) is 7.35. The Kier molecular flexibility index (Phi) is 6.40. The molecule has 190 valence electrons. The monoisotopic (exact) mass is 498 g/mol. The maximum absolute atomic E-state index is 13.1. The first kappa shape index (κ1) is 24.8. The van der Waals surface area contributed by atoms with Crippen molar-refractivity contribution in [2.45, 2.75) is 46.5 Å². The zero-order valence-corrected chi connectivity index (χ0v) is 21.3. The van der Waals surface area contributed by atoms with E-state index in [9.17, 15) is 19.2 Å². The summed E-state index contributed by atoms with van der Waals surface area (Å²) in [4.78, 5) is 57.7. The summed E-state index contributed by atoms with van der Waals surface area (Å²) in [5, 5.41) is 0.615. The Morgan fingerprint density at radius 3 is 2.30 bits per heavy atom. The summed E-state index contributed by atoms with van der Waals surface area (Å²) < 4.78 is 5.39. The van der Waals surface area contributed by atoms with Crippen molar-refractivity contribution in [2.75, 3.05) is 11.5 Å². The second kappa shape index (κ2) is 9.54. The number of imide groups is 1. The summed E-state index contributed by atoms with van der Waals surface area (Å²) in [5.74, 6) is -1.52. The van der Waals surface area contributed by atoms with Gasteiger partial charge in [-0.05, 0) is 37.1 Å². The third-order valence-corrected chi connectivity index (χ3v) is 7.35. The molecule has 2 fully saturated rings. The number of amides is 2. The Bertz CT molecular complexity index is 1400. The molecular formula is C30H30N2O5. The summed E-state index contributed by atoms with van der Waals surface area (Å²) in [6.07, 6.45) is 3.44. The van der Waals surface area contributed by atoms with Crippen molar-refractivity contribution in [2.24, 2.45) is 17.3 Å². The average Bonchev–Trinajstić information content (AvgIpc) is 3.15. The second-order valence-electron chi connectivity index (χ2n) is 10.9. The van der Waals surface area contributed by atoms with Crippen LogP contribution in [0.25, 0.3) is 22.2 Å². The molecule has 3 aromatic rings. The molecule has 2 atom stereocenters. The zero-order valence-electron chi connectivity index (χ0n) is 21.3. The molecule has 0 radical (unpaired) electrons. The molecule has 2 unspecified atom stereocenters. The van der Waals surface area contributed by atoms with Gasteiger partial charge in [0.05, 0.1) is 34.3 Å². The van der Waals surface area contributed by atoms with Gasteiger partial charge in [0.1, 0.15) is 0 Å². The highest BCUT2D eigenvalue weighted by atomic mass is 16.5. The zero-order chi connectivity index (χ0) is 26.3. The molecule has 0 spiro atoms. The topological polar surface area (TPSA) is 93.6 Å². The van der Waals surface area contributed by atoms with E-state index in [1.165, 1.54) is 4.90 Å². The number of esters is 1. The number of fused-ring (bicyclic) bond motifs is 2. The van der Waals surface area contributed by atoms with Gasteiger partial charge in [-0.15, -0.1) is 0 Å². The molecule has 2 heterocycles. The third kappa shape index (κ3) is 4.66. The minimum Gasteiger partial charge on any atom is -0.454 e. The van der Waals surface area contributed by atoms with Gasteiger partial charge >= 0.3 is 5.97 Å². The predicted octanol–water partition coefficient (Wildman–Crippen LogP) is 5.35. The first-order chi connectivity index (χ1) is 17.6. The van der Waals surface area contributed by atoms with Crippen LogP contribution in [-0.4, -0.2) is 35.2 Å². The highest BCUT2D eigenvalue weighted by Gasteiger charge is 2.48. The van der Waals surface area contributed by atoms with E-state index in [2.05, 4.69) is 0 Å². The molecule has 7 nitrogen and oxygen atoms in total. The van der Waals surface area contributed by atoms with Crippen molar-refractivity contribution in [1.82, 2.24) is 4.98 Å². The fourth-order valence-electron chi connectivity index (χ4n) is 5.14. The van der Waals surface area contributed by atoms with Crippen molar-refractivity contribution in [3.63, 3.8) is 0 Å². The van der Waals surface area contributed by atoms with Crippen LogP contribution in [0.2, 0.25) is 0 Å². The molecule has 5 rings (SSSR count). The number of pyridine rings is 1. The Balaban J connectivity index is 1.50. The number of carbonyl (C=O) groups excluding carboxylic acids is 4. The number of anilines is 1. The van der Waals surface area contributed by atoms with Gasteiger partial charge in [0.2, 0.25) is 11.8 Å². The van der Waals surface area contributed by atoms with Crippen LogP contribution in [0.5, 0.6) is 0 Å². The standard InChI is InChI=1S/C30H30N2O5/c1-30(2,3)26(33)17-37-29(36)23-16-25(31-24-14-7-6-11-20(23)24)18-9-8-10-19(15-18)32-27(34)21-12-4-5-13-22(21)28(32)35/h6-11,14-16,21-22H,4-5,12-13,17H2,1-3H3. The highest BCUT2D eigenvalue weighted by molar-refractivity contribution is 6.22. The summed E-state index contributed by atoms with van der Waals surface area (Å²) in [7, 11) is 0. The van der Waals surface area contributed by atoms with Gasteiger partial charge in [0.25, 0.3) is 0 Å². The van der Waals surface area contributed by atoms with Crippen molar-refractivity contribution in [3.05, 3.63) is 60.2 Å². The van der Waals surface area contributed by atoms with Gasteiger partial charge in [-0.25, -0.2) is 9.78 Å². The molecule has 2 aliphatic rings. The fourth-order valence-corrected chi connectivity index (χ4v) is 5.14. The minimum atomic E-state index is -0.617. The van der Waals surface area contributed by atoms with Crippen molar-refractivity contribution in [1.29, 1.82) is 0 Å². The molecule has 0 bridgehead atoms. The number of benzene rings is 2. The lowest BCUT2D eigenvalue weighted by molar-refractivity contribution is -0.129. The van der Waals surface area contributed by atoms with Crippen LogP contribution in [0.1, 0.15) is 56.8 Å². The molecular weight excluding hydrogens is 468 g/mol. The largest absolute Gasteiger partial charge is 0.454 e. The maximum Gasteiger partial charge on any atom is 0.339 e. The van der Waals surface area contributed by atoms with Crippen LogP contribution in [0.15, 0.2) is 54.6 Å². The van der Waals surface area contributed by atoms with Crippen LogP contribution >= 0.6 is 0 Å². The number of Topliss-reactive ketones (excluding diaryl/α,β-unsaturated/α-hetero) is 1. The van der Waals surface area contributed by atoms with Gasteiger partial charge in [-0.3, -0.25) is 19.3 Å². The quantitative estimate of drug-likeness (QED) is 0.348. The first-order valence-electron chi connectivity index (χ1n) is 12.7. The minimum absolute atomic E-state index is 0.133. The Hall–Kier alpha value is -3.87. The number of para-hydroxylation sites is 1. The van der Waals surface area contributed by atoms with Gasteiger partial charge in [0, 0.05) is 16.4 Å². The molecule has 1 aliphatic carbocycles. The molecule has 1 aliphatic heterocycles. The number of carbonyl (C=O) groups is 4. The maximum atomic E-state index is 13.1. The van der Waals surface area contributed by atoms with Crippen molar-refractivity contribution >= 4 is 40.2 Å². The van der Waals surface area contributed by atoms with E-state index in [0.29, 0.717) is 33.4 Å². The van der Waals surface area contributed by atoms with E-state index >= 15 is 0 Å². The van der Waals surface area contributed by atoms with Gasteiger partial charge < -0.3 is 4.74 Å². The molecule has 1 saturated carbocycles. The Labute approximate surface area is 215 Å². The number of aromatic nitrogens is 1. The molecule has 1 saturated heterocycles. The summed E-state index contributed by atoms with van der Waals surface area (Å²) >= 11 is 0. The number of ether oxygens (including phenoxy) is 1. The molecule has 0 N–H and O–H groups in total. The summed E-state index contributed by atoms with van der Waals surface area (Å²) in [5.41, 5.74) is 1.96. The van der Waals surface area contributed by atoms with Crippen LogP contribution in [0, 0.1) is 17.3 Å². The van der Waals surface area contributed by atoms with Crippen LogP contribution < -0.4 is 4.90 Å². The molecule has 2 aromatic carbocycles. The molecule has 2 amide bonds. The number of hydrogen-bond acceptors (Lipinski definition) is 6. The van der Waals surface area contributed by atoms with Gasteiger partial charge in [-0.1, -0.05) is 63.9 Å². The van der Waals surface area contributed by atoms with Crippen molar-refractivity contribution in [3.8, 4) is 11.3 Å². The van der Waals surface area contributed by atoms with Crippen LogP contribution in [-0.2, 0) is 19.1 Å². The normalized spacial score (nSPS) is 19.7. The molecule has 37 heavy (non-hydrogen) atoms. The van der Waals surface area contributed by atoms with Crippen LogP contribution in [0.3, 0.4) is 0 Å². The fraction of sp³-hybridized carbons (Fsp3) is 0.367. The van der Waals surface area contributed by atoms with E-state index in [-0.39, 0.29) is 36.0 Å². The summed E-state index contributed by atoms with van der Waals surface area (Å²) in [6.45, 7) is 5.02. The van der Waals surface area contributed by atoms with E-state index < -0.39 is 11.4 Å². The summed E-state index contributed by atoms with van der Waals surface area (Å²) in [6, 6.07) is 16.0. The lowest BCUT2D eigenvalue weighted by Crippen LogP contribution is -2.30. The van der Waals surface area contributed by atoms with E-state index in [1.54, 1.807) is 57.2 Å². The Morgan fingerprint density at radius 1 is 0.946 bits per heavy atom. The Morgan fingerprint density at radius 2 is 1.62 bits per heavy atom. The SMILES string of the molecule is CC(C)(C)C(=O)COC(=O)c1cc(-c2cccc(N3C(=O)C4CCCCC4C3=O)c2)nc2ccccc12. The first-order valence-corrected chi connectivity index (χ1v) is 12.7. The second-order valence-corrected chi connectivity index (χ2v) is 10.9. The van der Waals surface area contributed by atoms with Gasteiger partial charge in [-0.2, -0.15) is 0 Å². The number of rotatable bonds is 5. The smallest absolute Gasteiger partial charge is 0.339 e. The van der Waals surface area contributed by atoms with Gasteiger partial charge in [0.15, 0.2) is 12.4 Å². The number of nitrogens with zero attached hydrogens (tertiary/aromatic N) is 2. The van der Waals surface area contributed by atoms with E-state index in [0.717, 1.165) is 25.7 Å². The number of hydrogen-bond donors (Lipinski definition) is 0. The molecule has 7 heteroatoms. The predicted molar refractivity (Wildman–Crippen MR) is 140 cm³/mol. The molecule has 1 aromatic heterocycles. The van der Waals surface area contributed by atoms with E-state index in [4.69, 9.17) is 9.72 Å². The van der Waals surface area contributed by atoms with E-state index in [1.807, 2.05) is 18.2 Å². The average molecular weight is 499 g/mol. The van der Waals surface area contributed by atoms with Crippen LogP contribution in [0.4, 0.5) is 5.69 Å². The number of ketones is 1. The van der Waals surface area contributed by atoms with Crippen molar-refractivity contribution < 1.29 is 23.9 Å². The highest BCUT2D eigenvalue weighted by Crippen LogP contribution is 2.40. The lowest BCUT2D eigenvalue weighted by Gasteiger charge is -2.19. The lowest BCUT2D eigenvalue weighted by atomic mass is 9.81.